The van der Waals surface area contributed by atoms with Gasteiger partial charge in [-0.2, -0.15) is 0 Å². The maximum absolute atomic E-state index is 13.1. The van der Waals surface area contributed by atoms with Crippen LogP contribution in [0.1, 0.15) is 21.5 Å². The van der Waals surface area contributed by atoms with E-state index in [9.17, 15) is 9.59 Å². The van der Waals surface area contributed by atoms with E-state index in [0.29, 0.717) is 24.0 Å². The Labute approximate surface area is 175 Å². The summed E-state index contributed by atoms with van der Waals surface area (Å²) < 4.78 is 2.07. The van der Waals surface area contributed by atoms with E-state index in [-0.39, 0.29) is 11.3 Å². The van der Waals surface area contributed by atoms with Crippen LogP contribution in [0.2, 0.25) is 0 Å². The van der Waals surface area contributed by atoms with E-state index in [2.05, 4.69) is 39.8 Å². The van der Waals surface area contributed by atoms with Gasteiger partial charge in [0.05, 0.1) is 5.52 Å². The second-order valence-electron chi connectivity index (χ2n) is 8.03. The summed E-state index contributed by atoms with van der Waals surface area (Å²) in [5.41, 5.74) is 3.55. The van der Waals surface area contributed by atoms with Crippen LogP contribution in [0.15, 0.2) is 65.6 Å². The van der Waals surface area contributed by atoms with Gasteiger partial charge in [0.1, 0.15) is 5.56 Å². The number of nitrogens with zero attached hydrogens (tertiary/aromatic N) is 3. The molecule has 152 valence electrons. The van der Waals surface area contributed by atoms with E-state index in [4.69, 9.17) is 0 Å². The number of carbonyl (C=O) groups excluding carboxylic acids is 1. The molecule has 2 aliphatic rings. The normalized spacial score (nSPS) is 16.6. The average Bonchev–Trinajstić information content (AvgIpc) is 3.21. The minimum Gasteiger partial charge on any atom is -0.346 e. The zero-order valence-corrected chi connectivity index (χ0v) is 17.0. The van der Waals surface area contributed by atoms with Crippen LogP contribution in [-0.2, 0) is 13.0 Å². The second kappa shape index (κ2) is 7.92. The first kappa shape index (κ1) is 18.8. The van der Waals surface area contributed by atoms with E-state index in [0.717, 1.165) is 38.1 Å². The Bertz CT molecular complexity index is 1170. The third kappa shape index (κ3) is 3.46. The summed E-state index contributed by atoms with van der Waals surface area (Å²) in [6.45, 7) is 4.62. The molecule has 0 saturated carbocycles. The predicted molar refractivity (Wildman–Crippen MR) is 120 cm³/mol. The number of aryl methyl sites for hydroxylation is 2. The molecule has 2 aliphatic heterocycles. The van der Waals surface area contributed by atoms with Crippen molar-refractivity contribution in [2.75, 3.05) is 32.7 Å². The Morgan fingerprint density at radius 1 is 0.933 bits per heavy atom. The van der Waals surface area contributed by atoms with Gasteiger partial charge < -0.3 is 9.47 Å². The first-order valence-electron chi connectivity index (χ1n) is 10.6. The second-order valence-corrected chi connectivity index (χ2v) is 8.03. The van der Waals surface area contributed by atoms with E-state index in [1.807, 2.05) is 35.2 Å². The van der Waals surface area contributed by atoms with Gasteiger partial charge in [-0.3, -0.25) is 14.5 Å². The Kier molecular flexibility index (Phi) is 4.97. The minimum atomic E-state index is -0.137. The fourth-order valence-electron chi connectivity index (χ4n) is 4.52. The number of rotatable bonds is 4. The highest BCUT2D eigenvalue weighted by Crippen LogP contribution is 2.24. The van der Waals surface area contributed by atoms with Crippen LogP contribution in [0.3, 0.4) is 0 Å². The average molecular weight is 399 g/mol. The molecule has 5 rings (SSSR count). The molecule has 1 fully saturated rings. The molecule has 0 atom stereocenters. The molecule has 3 heterocycles. The molecular weight excluding hydrogens is 374 g/mol. The molecule has 30 heavy (non-hydrogen) atoms. The number of para-hydroxylation sites is 1. The molecule has 0 N–H and O–H groups in total. The molecule has 0 unspecified atom stereocenters. The number of hydrogen-bond acceptors (Lipinski definition) is 3. The zero-order chi connectivity index (χ0) is 20.5. The minimum absolute atomic E-state index is 0.136. The molecule has 5 heteroatoms. The monoisotopic (exact) mass is 399 g/mol. The number of benzene rings is 2. The molecule has 0 radical (unpaired) electrons. The van der Waals surface area contributed by atoms with Gasteiger partial charge in [-0.05, 0) is 23.6 Å². The van der Waals surface area contributed by atoms with Crippen LogP contribution in [-0.4, -0.2) is 53.0 Å². The number of amides is 1. The highest BCUT2D eigenvalue weighted by Gasteiger charge is 2.26. The smallest absolute Gasteiger partial charge is 0.259 e. The highest BCUT2D eigenvalue weighted by molar-refractivity contribution is 5.98. The largest absolute Gasteiger partial charge is 0.346 e. The third-order valence-corrected chi connectivity index (χ3v) is 6.17. The van der Waals surface area contributed by atoms with Crippen LogP contribution < -0.4 is 5.43 Å². The molecular formula is C25H25N3O2. The van der Waals surface area contributed by atoms with Crippen molar-refractivity contribution in [3.63, 3.8) is 0 Å². The molecule has 1 amide bonds. The van der Waals surface area contributed by atoms with Crippen LogP contribution in [0, 0.1) is 0 Å². The van der Waals surface area contributed by atoms with Crippen LogP contribution in [0.25, 0.3) is 17.0 Å². The summed E-state index contributed by atoms with van der Waals surface area (Å²) in [6, 6.07) is 16.1. The first-order chi connectivity index (χ1) is 14.7. The fourth-order valence-corrected chi connectivity index (χ4v) is 4.52. The zero-order valence-electron chi connectivity index (χ0n) is 17.0. The van der Waals surface area contributed by atoms with E-state index >= 15 is 0 Å². The molecule has 0 bridgehead atoms. The van der Waals surface area contributed by atoms with Crippen molar-refractivity contribution < 1.29 is 4.79 Å². The van der Waals surface area contributed by atoms with Crippen molar-refractivity contribution in [1.82, 2.24) is 14.4 Å². The molecule has 0 aliphatic carbocycles. The van der Waals surface area contributed by atoms with Gasteiger partial charge in [-0.25, -0.2) is 0 Å². The molecule has 1 saturated heterocycles. The van der Waals surface area contributed by atoms with Crippen molar-refractivity contribution in [1.29, 1.82) is 0 Å². The number of pyridine rings is 1. The van der Waals surface area contributed by atoms with E-state index in [1.54, 1.807) is 6.20 Å². The van der Waals surface area contributed by atoms with Crippen LogP contribution >= 0.6 is 0 Å². The van der Waals surface area contributed by atoms with Crippen molar-refractivity contribution in [3.8, 4) is 0 Å². The summed E-state index contributed by atoms with van der Waals surface area (Å²) in [6.07, 6.45) is 6.99. The van der Waals surface area contributed by atoms with Crippen molar-refractivity contribution in [3.05, 3.63) is 87.7 Å². The maximum Gasteiger partial charge on any atom is 0.259 e. The Morgan fingerprint density at radius 3 is 2.53 bits per heavy atom. The van der Waals surface area contributed by atoms with E-state index in [1.165, 1.54) is 11.1 Å². The Hall–Kier alpha value is -3.18. The lowest BCUT2D eigenvalue weighted by atomic mass is 10.1. The van der Waals surface area contributed by atoms with Gasteiger partial charge in [0.2, 0.25) is 5.43 Å². The lowest BCUT2D eigenvalue weighted by molar-refractivity contribution is 0.0648. The van der Waals surface area contributed by atoms with Crippen molar-refractivity contribution in [2.45, 2.75) is 13.0 Å². The van der Waals surface area contributed by atoms with Gasteiger partial charge in [0.15, 0.2) is 0 Å². The highest BCUT2D eigenvalue weighted by atomic mass is 16.2. The number of carbonyl (C=O) groups is 1. The van der Waals surface area contributed by atoms with Gasteiger partial charge in [-0.1, -0.05) is 54.6 Å². The molecule has 2 aromatic carbocycles. The van der Waals surface area contributed by atoms with Crippen LogP contribution in [0.4, 0.5) is 0 Å². The summed E-state index contributed by atoms with van der Waals surface area (Å²) in [5, 5.41) is 0.667. The van der Waals surface area contributed by atoms with E-state index < -0.39 is 0 Å². The first-order valence-corrected chi connectivity index (χ1v) is 10.6. The molecule has 5 nitrogen and oxygen atoms in total. The Morgan fingerprint density at radius 2 is 1.73 bits per heavy atom. The van der Waals surface area contributed by atoms with Crippen molar-refractivity contribution >= 4 is 22.9 Å². The predicted octanol–water partition coefficient (Wildman–Crippen LogP) is 3.03. The summed E-state index contributed by atoms with van der Waals surface area (Å²) in [4.78, 5) is 30.3. The maximum atomic E-state index is 13.1. The topological polar surface area (TPSA) is 45.6 Å². The molecule has 0 spiro atoms. The molecule has 1 aromatic heterocycles. The van der Waals surface area contributed by atoms with Gasteiger partial charge in [0.25, 0.3) is 5.91 Å². The quantitative estimate of drug-likeness (QED) is 0.678. The van der Waals surface area contributed by atoms with Gasteiger partial charge in [-0.15, -0.1) is 0 Å². The lowest BCUT2D eigenvalue weighted by Gasteiger charge is -2.34. The third-order valence-electron chi connectivity index (χ3n) is 6.17. The summed E-state index contributed by atoms with van der Waals surface area (Å²) >= 11 is 0. The SMILES string of the molecule is O=C(c1cn2c3c(cccc3c1=O)CC2)N1CCN(C/C=C/c2ccccc2)CC1. The number of hydrogen-bond donors (Lipinski definition) is 0. The standard InChI is InChI=1S/C25H25N3O2/c29-24-21-10-4-9-20-11-13-28(23(20)21)18-22(24)25(30)27-16-14-26(15-17-27)12-5-8-19-6-2-1-3-7-19/h1-10,18H,11-17H2/b8-5+. The van der Waals surface area contributed by atoms with Crippen molar-refractivity contribution in [2.24, 2.45) is 0 Å². The lowest BCUT2D eigenvalue weighted by Crippen LogP contribution is -2.49. The fraction of sp³-hybridized carbons (Fsp3) is 0.280. The Balaban J connectivity index is 1.26. The van der Waals surface area contributed by atoms with Crippen LogP contribution in [0.5, 0.6) is 0 Å². The number of aromatic nitrogens is 1. The van der Waals surface area contributed by atoms with Gasteiger partial charge >= 0.3 is 0 Å². The summed E-state index contributed by atoms with van der Waals surface area (Å²) in [5.74, 6) is -0.137. The number of piperazine rings is 1. The summed E-state index contributed by atoms with van der Waals surface area (Å²) in [7, 11) is 0. The van der Waals surface area contributed by atoms with Gasteiger partial charge in [0, 0.05) is 50.9 Å². The molecule has 3 aromatic rings.